The third-order valence-corrected chi connectivity index (χ3v) is 4.62. The zero-order valence-corrected chi connectivity index (χ0v) is 18.4. The van der Waals surface area contributed by atoms with Gasteiger partial charge < -0.3 is 16.0 Å². The van der Waals surface area contributed by atoms with Crippen LogP contribution in [0.15, 0.2) is 65.1 Å². The Hall–Kier alpha value is -1.31. The average molecular weight is 508 g/mol. The molecule has 0 aliphatic heterocycles. The van der Waals surface area contributed by atoms with E-state index in [0.29, 0.717) is 0 Å². The fraction of sp³-hybridized carbons (Fsp3) is 0.111. The van der Waals surface area contributed by atoms with E-state index in [-0.39, 0.29) is 5.11 Å². The summed E-state index contributed by atoms with van der Waals surface area (Å²) >= 11 is 26.5. The van der Waals surface area contributed by atoms with Crippen LogP contribution in [-0.2, 0) is 4.79 Å². The predicted molar refractivity (Wildman–Crippen MR) is 121 cm³/mol. The first kappa shape index (κ1) is 22.0. The van der Waals surface area contributed by atoms with Gasteiger partial charge in [-0.1, -0.05) is 81.1 Å². The maximum absolute atomic E-state index is 12.2. The van der Waals surface area contributed by atoms with Crippen molar-refractivity contribution >= 4 is 85.7 Å². The van der Waals surface area contributed by atoms with Crippen molar-refractivity contribution in [3.63, 3.8) is 0 Å². The summed E-state index contributed by atoms with van der Waals surface area (Å²) in [5.41, 5.74) is 1.62. The van der Waals surface area contributed by atoms with Crippen LogP contribution in [0.2, 0.25) is 0 Å². The summed E-state index contributed by atoms with van der Waals surface area (Å²) in [5, 5.41) is 8.53. The lowest BCUT2D eigenvalue weighted by molar-refractivity contribution is -0.117. The molecule has 4 nitrogen and oxygen atoms in total. The number of amides is 1. The van der Waals surface area contributed by atoms with Crippen LogP contribution < -0.4 is 16.0 Å². The van der Waals surface area contributed by atoms with Crippen molar-refractivity contribution < 1.29 is 4.79 Å². The number of hydrogen-bond donors (Lipinski definition) is 3. The maximum atomic E-state index is 12.2. The normalized spacial score (nSPS) is 12.4. The number of alkyl halides is 3. The van der Waals surface area contributed by atoms with E-state index >= 15 is 0 Å². The van der Waals surface area contributed by atoms with Gasteiger partial charge in [-0.3, -0.25) is 4.79 Å². The van der Waals surface area contributed by atoms with E-state index in [4.69, 9.17) is 47.0 Å². The quantitative estimate of drug-likeness (QED) is 0.224. The second kappa shape index (κ2) is 10.3. The lowest BCUT2D eigenvalue weighted by Crippen LogP contribution is -2.55. The van der Waals surface area contributed by atoms with Gasteiger partial charge in [-0.2, -0.15) is 0 Å². The first-order chi connectivity index (χ1) is 12.7. The monoisotopic (exact) mass is 505 g/mol. The van der Waals surface area contributed by atoms with Crippen LogP contribution in [0, 0.1) is 0 Å². The Morgan fingerprint density at radius 1 is 1.04 bits per heavy atom. The van der Waals surface area contributed by atoms with Gasteiger partial charge in [0.2, 0.25) is 9.70 Å². The first-order valence-electron chi connectivity index (χ1n) is 7.67. The van der Waals surface area contributed by atoms with E-state index in [1.165, 1.54) is 6.08 Å². The zero-order valence-electron chi connectivity index (χ0n) is 13.8. The third kappa shape index (κ3) is 8.07. The fourth-order valence-corrected chi connectivity index (χ4v) is 2.79. The van der Waals surface area contributed by atoms with Gasteiger partial charge in [0.25, 0.3) is 0 Å². The van der Waals surface area contributed by atoms with Crippen LogP contribution in [0.25, 0.3) is 6.08 Å². The molecule has 1 unspecified atom stereocenters. The highest BCUT2D eigenvalue weighted by molar-refractivity contribution is 9.10. The van der Waals surface area contributed by atoms with Crippen molar-refractivity contribution in [2.75, 3.05) is 5.32 Å². The molecule has 1 atom stereocenters. The van der Waals surface area contributed by atoms with Crippen LogP contribution in [-0.4, -0.2) is 21.0 Å². The van der Waals surface area contributed by atoms with Crippen molar-refractivity contribution in [3.8, 4) is 0 Å². The molecule has 0 fully saturated rings. The molecule has 0 heterocycles. The number of thiocarbonyl (C=S) groups is 1. The minimum absolute atomic E-state index is 0.195. The molecular formula is C18H15BrCl3N3OS. The summed E-state index contributed by atoms with van der Waals surface area (Å²) in [4.78, 5) is 12.2. The molecule has 3 N–H and O–H groups in total. The number of nitrogens with one attached hydrogen (secondary N) is 3. The summed E-state index contributed by atoms with van der Waals surface area (Å²) in [5.74, 6) is -0.436. The SMILES string of the molecule is O=C(/C=C\c1ccccc1)NC(NC(=S)Nc1ccc(Br)cc1)C(Cl)(Cl)Cl. The zero-order chi connectivity index (χ0) is 19.9. The minimum atomic E-state index is -1.82. The molecule has 0 saturated heterocycles. The molecule has 0 aliphatic rings. The number of rotatable bonds is 5. The van der Waals surface area contributed by atoms with Crippen molar-refractivity contribution in [1.82, 2.24) is 10.6 Å². The maximum Gasteiger partial charge on any atom is 0.245 e. The van der Waals surface area contributed by atoms with Crippen molar-refractivity contribution in [2.24, 2.45) is 0 Å². The molecule has 0 saturated carbocycles. The molecule has 0 aliphatic carbocycles. The number of halogens is 4. The van der Waals surface area contributed by atoms with E-state index in [1.807, 2.05) is 54.6 Å². The van der Waals surface area contributed by atoms with Gasteiger partial charge in [-0.05, 0) is 48.1 Å². The first-order valence-corrected chi connectivity index (χ1v) is 10.0. The van der Waals surface area contributed by atoms with Gasteiger partial charge in [0.1, 0.15) is 6.17 Å². The minimum Gasteiger partial charge on any atom is -0.339 e. The van der Waals surface area contributed by atoms with Crippen LogP contribution in [0.5, 0.6) is 0 Å². The van der Waals surface area contributed by atoms with Crippen LogP contribution in [0.4, 0.5) is 5.69 Å². The summed E-state index contributed by atoms with van der Waals surface area (Å²) in [7, 11) is 0. The van der Waals surface area contributed by atoms with E-state index in [0.717, 1.165) is 15.7 Å². The number of benzene rings is 2. The van der Waals surface area contributed by atoms with Gasteiger partial charge in [0.15, 0.2) is 5.11 Å². The topological polar surface area (TPSA) is 53.2 Å². The molecule has 2 aromatic carbocycles. The van der Waals surface area contributed by atoms with Crippen molar-refractivity contribution in [3.05, 3.63) is 70.7 Å². The number of carbonyl (C=O) groups excluding carboxylic acids is 1. The van der Waals surface area contributed by atoms with Gasteiger partial charge in [-0.25, -0.2) is 0 Å². The molecule has 142 valence electrons. The Balaban J connectivity index is 1.98. The standard InChI is InChI=1S/C18H15BrCl3N3OS/c19-13-7-9-14(10-8-13)23-17(27)25-16(18(20,21)22)24-15(26)11-6-12-4-2-1-3-5-12/h1-11,16H,(H,24,26)(H2,23,25,27)/b11-6-. The van der Waals surface area contributed by atoms with Crippen molar-refractivity contribution in [1.29, 1.82) is 0 Å². The smallest absolute Gasteiger partial charge is 0.245 e. The second-order valence-corrected chi connectivity index (χ2v) is 9.03. The number of hydrogen-bond acceptors (Lipinski definition) is 2. The molecule has 0 spiro atoms. The Morgan fingerprint density at radius 2 is 1.67 bits per heavy atom. The number of anilines is 1. The summed E-state index contributed by atoms with van der Waals surface area (Å²) < 4.78 is -0.884. The van der Waals surface area contributed by atoms with E-state index in [2.05, 4.69) is 31.9 Å². The largest absolute Gasteiger partial charge is 0.339 e. The predicted octanol–water partition coefficient (Wildman–Crippen LogP) is 5.26. The van der Waals surface area contributed by atoms with Crippen LogP contribution in [0.1, 0.15) is 5.56 Å². The van der Waals surface area contributed by atoms with Crippen LogP contribution in [0.3, 0.4) is 0 Å². The third-order valence-electron chi connectivity index (χ3n) is 3.22. The number of carbonyl (C=O) groups is 1. The average Bonchev–Trinajstić information content (AvgIpc) is 2.61. The molecule has 27 heavy (non-hydrogen) atoms. The second-order valence-electron chi connectivity index (χ2n) is 5.33. The summed E-state index contributed by atoms with van der Waals surface area (Å²) in [6.45, 7) is 0. The lowest BCUT2D eigenvalue weighted by atomic mass is 10.2. The molecule has 1 amide bonds. The molecule has 2 aromatic rings. The van der Waals surface area contributed by atoms with E-state index in [1.54, 1.807) is 6.08 Å². The molecule has 0 bridgehead atoms. The Bertz CT molecular complexity index is 811. The molecule has 0 aromatic heterocycles. The Labute approximate surface area is 186 Å². The Kier molecular flexibility index (Phi) is 8.38. The van der Waals surface area contributed by atoms with Crippen LogP contribution >= 0.6 is 63.0 Å². The molecular weight excluding hydrogens is 493 g/mol. The molecule has 2 rings (SSSR count). The van der Waals surface area contributed by atoms with Crippen molar-refractivity contribution in [2.45, 2.75) is 9.96 Å². The Morgan fingerprint density at radius 3 is 2.26 bits per heavy atom. The molecule has 0 radical (unpaired) electrons. The van der Waals surface area contributed by atoms with E-state index in [9.17, 15) is 4.79 Å². The molecule has 9 heteroatoms. The summed E-state index contributed by atoms with van der Waals surface area (Å²) in [6, 6.07) is 16.7. The highest BCUT2D eigenvalue weighted by Crippen LogP contribution is 2.29. The van der Waals surface area contributed by atoms with Gasteiger partial charge in [0.05, 0.1) is 0 Å². The van der Waals surface area contributed by atoms with Gasteiger partial charge in [0, 0.05) is 16.2 Å². The fourth-order valence-electron chi connectivity index (χ4n) is 1.96. The van der Waals surface area contributed by atoms with Gasteiger partial charge >= 0.3 is 0 Å². The highest BCUT2D eigenvalue weighted by Gasteiger charge is 2.34. The van der Waals surface area contributed by atoms with Gasteiger partial charge in [-0.15, -0.1) is 0 Å². The highest BCUT2D eigenvalue weighted by atomic mass is 79.9. The van der Waals surface area contributed by atoms with E-state index < -0.39 is 15.9 Å². The summed E-state index contributed by atoms with van der Waals surface area (Å²) in [6.07, 6.45) is 1.97. The lowest BCUT2D eigenvalue weighted by Gasteiger charge is -2.27.